The second-order valence-electron chi connectivity index (χ2n) is 4.61. The fourth-order valence-electron chi connectivity index (χ4n) is 2.22. The summed E-state index contributed by atoms with van der Waals surface area (Å²) >= 11 is 0. The molecule has 20 heavy (non-hydrogen) atoms. The molecule has 0 unspecified atom stereocenters. The highest BCUT2D eigenvalue weighted by Gasteiger charge is 2.28. The van der Waals surface area contributed by atoms with E-state index in [1.165, 1.54) is 4.90 Å². The lowest BCUT2D eigenvalue weighted by atomic mass is 9.98. The highest BCUT2D eigenvalue weighted by atomic mass is 19.1. The summed E-state index contributed by atoms with van der Waals surface area (Å²) < 4.78 is 13.0. The quantitative estimate of drug-likeness (QED) is 0.611. The molecule has 1 fully saturated rings. The molecular formula is C13H12FN3O3. The second kappa shape index (κ2) is 5.65. The number of benzene rings is 1. The highest BCUT2D eigenvalue weighted by Crippen LogP contribution is 2.24. The van der Waals surface area contributed by atoms with E-state index in [1.54, 1.807) is 0 Å². The van der Waals surface area contributed by atoms with E-state index in [9.17, 15) is 19.3 Å². The number of rotatable bonds is 2. The van der Waals surface area contributed by atoms with Crippen LogP contribution in [0.4, 0.5) is 10.1 Å². The summed E-state index contributed by atoms with van der Waals surface area (Å²) in [5, 5.41) is 19.7. The minimum absolute atomic E-state index is 0.0812. The Balaban J connectivity index is 2.22. The normalized spacial score (nSPS) is 15.7. The lowest BCUT2D eigenvalue weighted by Crippen LogP contribution is -2.38. The van der Waals surface area contributed by atoms with Gasteiger partial charge in [0, 0.05) is 19.0 Å². The van der Waals surface area contributed by atoms with Crippen molar-refractivity contribution in [3.63, 3.8) is 0 Å². The Labute approximate surface area is 114 Å². The first kappa shape index (κ1) is 13.9. The van der Waals surface area contributed by atoms with Crippen molar-refractivity contribution >= 4 is 11.6 Å². The molecule has 1 aliphatic rings. The van der Waals surface area contributed by atoms with Crippen LogP contribution in [-0.2, 0) is 0 Å². The third-order valence-electron chi connectivity index (χ3n) is 3.35. The van der Waals surface area contributed by atoms with Gasteiger partial charge in [-0.15, -0.1) is 0 Å². The molecule has 6 nitrogen and oxygen atoms in total. The Bertz CT molecular complexity index is 589. The van der Waals surface area contributed by atoms with Crippen LogP contribution in [0.15, 0.2) is 18.2 Å². The predicted molar refractivity (Wildman–Crippen MR) is 67.3 cm³/mol. The van der Waals surface area contributed by atoms with E-state index in [1.807, 2.05) is 0 Å². The zero-order valence-electron chi connectivity index (χ0n) is 10.6. The number of carbonyl (C=O) groups is 1. The molecule has 0 atom stereocenters. The van der Waals surface area contributed by atoms with E-state index < -0.39 is 22.3 Å². The van der Waals surface area contributed by atoms with Gasteiger partial charge in [-0.25, -0.2) is 4.39 Å². The predicted octanol–water partition coefficient (Wildman–Crippen LogP) is 2.11. The van der Waals surface area contributed by atoms with Crippen LogP contribution in [0, 0.1) is 33.2 Å². The van der Waals surface area contributed by atoms with Crippen molar-refractivity contribution < 1.29 is 14.1 Å². The Morgan fingerprint density at radius 2 is 2.10 bits per heavy atom. The van der Waals surface area contributed by atoms with Crippen molar-refractivity contribution in [1.82, 2.24) is 4.90 Å². The van der Waals surface area contributed by atoms with Gasteiger partial charge < -0.3 is 4.90 Å². The van der Waals surface area contributed by atoms with Crippen LogP contribution in [0.5, 0.6) is 0 Å². The zero-order chi connectivity index (χ0) is 14.7. The Morgan fingerprint density at radius 1 is 1.45 bits per heavy atom. The first-order valence-electron chi connectivity index (χ1n) is 6.15. The molecular weight excluding hydrogens is 265 g/mol. The highest BCUT2D eigenvalue weighted by molar-refractivity contribution is 5.98. The number of piperidine rings is 1. The first-order valence-corrected chi connectivity index (χ1v) is 6.15. The number of nitro groups is 1. The standard InChI is InChI=1S/C13H12FN3O3/c14-10-1-2-11(12(7-10)17(19)20)13(18)16-5-3-9(8-15)4-6-16/h1-2,7,9H,3-6H2. The molecule has 0 saturated carbocycles. The molecule has 0 aliphatic carbocycles. The molecule has 0 bridgehead atoms. The number of nitrogens with zero attached hydrogens (tertiary/aromatic N) is 3. The molecule has 2 rings (SSSR count). The number of amides is 1. The van der Waals surface area contributed by atoms with Crippen molar-refractivity contribution in [3.05, 3.63) is 39.7 Å². The smallest absolute Gasteiger partial charge is 0.285 e. The minimum Gasteiger partial charge on any atom is -0.338 e. The molecule has 7 heteroatoms. The topological polar surface area (TPSA) is 87.2 Å². The van der Waals surface area contributed by atoms with Gasteiger partial charge in [-0.05, 0) is 25.0 Å². The van der Waals surface area contributed by atoms with Gasteiger partial charge in [0.25, 0.3) is 11.6 Å². The van der Waals surface area contributed by atoms with E-state index in [4.69, 9.17) is 5.26 Å². The number of likely N-dealkylation sites (tertiary alicyclic amines) is 1. The maximum atomic E-state index is 13.0. The van der Waals surface area contributed by atoms with Gasteiger partial charge in [-0.3, -0.25) is 14.9 Å². The Morgan fingerprint density at radius 3 is 2.65 bits per heavy atom. The summed E-state index contributed by atoms with van der Waals surface area (Å²) in [7, 11) is 0. The fraction of sp³-hybridized carbons (Fsp3) is 0.385. The van der Waals surface area contributed by atoms with Crippen molar-refractivity contribution in [2.45, 2.75) is 12.8 Å². The first-order chi connectivity index (χ1) is 9.52. The maximum Gasteiger partial charge on any atom is 0.285 e. The minimum atomic E-state index is -0.766. The Kier molecular flexibility index (Phi) is 3.94. The number of halogens is 1. The SMILES string of the molecule is N#CC1CCN(C(=O)c2ccc(F)cc2[N+](=O)[O-])CC1. The van der Waals surface area contributed by atoms with Crippen LogP contribution < -0.4 is 0 Å². The number of carbonyl (C=O) groups excluding carboxylic acids is 1. The summed E-state index contributed by atoms with van der Waals surface area (Å²) in [4.78, 5) is 23.8. The fourth-order valence-corrected chi connectivity index (χ4v) is 2.22. The summed E-state index contributed by atoms with van der Waals surface area (Å²) in [5.41, 5.74) is -0.649. The van der Waals surface area contributed by atoms with Gasteiger partial charge >= 0.3 is 0 Å². The zero-order valence-corrected chi connectivity index (χ0v) is 10.6. The maximum absolute atomic E-state index is 13.0. The van der Waals surface area contributed by atoms with Crippen LogP contribution in [0.2, 0.25) is 0 Å². The molecule has 0 N–H and O–H groups in total. The van der Waals surface area contributed by atoms with E-state index in [0.717, 1.165) is 18.2 Å². The number of hydrogen-bond donors (Lipinski definition) is 0. The van der Waals surface area contributed by atoms with Gasteiger partial charge in [-0.1, -0.05) is 0 Å². The summed E-state index contributed by atoms with van der Waals surface area (Å²) in [6.45, 7) is 0.761. The molecule has 1 aromatic carbocycles. The largest absolute Gasteiger partial charge is 0.338 e. The van der Waals surface area contributed by atoms with Gasteiger partial charge in [0.2, 0.25) is 0 Å². The number of nitro benzene ring substituents is 1. The average Bonchev–Trinajstić information content (AvgIpc) is 2.46. The average molecular weight is 277 g/mol. The molecule has 0 radical (unpaired) electrons. The van der Waals surface area contributed by atoms with E-state index in [2.05, 4.69) is 6.07 Å². The van der Waals surface area contributed by atoms with E-state index in [-0.39, 0.29) is 11.5 Å². The van der Waals surface area contributed by atoms with Gasteiger partial charge in [-0.2, -0.15) is 5.26 Å². The molecule has 0 aromatic heterocycles. The molecule has 1 amide bonds. The van der Waals surface area contributed by atoms with E-state index >= 15 is 0 Å². The molecule has 1 aromatic rings. The summed E-state index contributed by atoms with van der Waals surface area (Å²) in [5.74, 6) is -1.33. The lowest BCUT2D eigenvalue weighted by molar-refractivity contribution is -0.385. The van der Waals surface area contributed by atoms with Crippen LogP contribution in [-0.4, -0.2) is 28.8 Å². The molecule has 1 saturated heterocycles. The van der Waals surface area contributed by atoms with Crippen molar-refractivity contribution in [3.8, 4) is 6.07 Å². The van der Waals surface area contributed by atoms with Crippen LogP contribution >= 0.6 is 0 Å². The van der Waals surface area contributed by atoms with Crippen molar-refractivity contribution in [1.29, 1.82) is 5.26 Å². The van der Waals surface area contributed by atoms with E-state index in [0.29, 0.717) is 25.9 Å². The van der Waals surface area contributed by atoms with Crippen molar-refractivity contribution in [2.75, 3.05) is 13.1 Å². The van der Waals surface area contributed by atoms with Crippen LogP contribution in [0.3, 0.4) is 0 Å². The van der Waals surface area contributed by atoms with Gasteiger partial charge in [0.15, 0.2) is 0 Å². The third-order valence-corrected chi connectivity index (χ3v) is 3.35. The van der Waals surface area contributed by atoms with Crippen LogP contribution in [0.25, 0.3) is 0 Å². The lowest BCUT2D eigenvalue weighted by Gasteiger charge is -2.29. The molecule has 1 aliphatic heterocycles. The Hall–Kier alpha value is -2.49. The molecule has 104 valence electrons. The summed E-state index contributed by atoms with van der Waals surface area (Å²) in [6, 6.07) is 5.05. The van der Waals surface area contributed by atoms with Crippen molar-refractivity contribution in [2.24, 2.45) is 5.92 Å². The molecule has 0 spiro atoms. The van der Waals surface area contributed by atoms with Gasteiger partial charge in [0.05, 0.1) is 17.1 Å². The number of hydrogen-bond acceptors (Lipinski definition) is 4. The van der Waals surface area contributed by atoms with Crippen LogP contribution in [0.1, 0.15) is 23.2 Å². The number of nitriles is 1. The molecule has 1 heterocycles. The monoisotopic (exact) mass is 277 g/mol. The summed E-state index contributed by atoms with van der Waals surface area (Å²) in [6.07, 6.45) is 1.11. The van der Waals surface area contributed by atoms with Gasteiger partial charge in [0.1, 0.15) is 11.4 Å². The second-order valence-corrected chi connectivity index (χ2v) is 4.61. The third kappa shape index (κ3) is 2.74.